The molecule has 3 N–H and O–H groups in total. The summed E-state index contributed by atoms with van der Waals surface area (Å²) in [5.74, 6) is 0.594. The summed E-state index contributed by atoms with van der Waals surface area (Å²) in [7, 11) is -3.44. The van der Waals surface area contributed by atoms with Crippen molar-refractivity contribution in [1.82, 2.24) is 20.1 Å². The number of nitrogens with one attached hydrogen (secondary N) is 1. The van der Waals surface area contributed by atoms with Crippen LogP contribution in [0.15, 0.2) is 41.1 Å². The predicted molar refractivity (Wildman–Crippen MR) is 156 cm³/mol. The van der Waals surface area contributed by atoms with Crippen molar-refractivity contribution in [3.8, 4) is 18.0 Å². The maximum atomic E-state index is 13.4. The molecule has 1 aliphatic carbocycles. The number of nitrogens with zero attached hydrogens (tertiary/aromatic N) is 6. The van der Waals surface area contributed by atoms with Crippen LogP contribution < -0.4 is 15.4 Å². The molecule has 1 unspecified atom stereocenters. The molecule has 7 rings (SSSR count). The van der Waals surface area contributed by atoms with Crippen molar-refractivity contribution in [2.24, 2.45) is 17.1 Å². The Kier molecular flexibility index (Phi) is 6.68. The highest BCUT2D eigenvalue weighted by Gasteiger charge is 2.42. The monoisotopic (exact) mass is 579 g/mol. The molecular formula is C28H35N8O4S+. The van der Waals surface area contributed by atoms with Crippen molar-refractivity contribution in [2.45, 2.75) is 44.3 Å². The van der Waals surface area contributed by atoms with Crippen LogP contribution in [0.25, 0.3) is 22.0 Å². The third kappa shape index (κ3) is 5.36. The first-order valence-corrected chi connectivity index (χ1v) is 15.5. The number of benzene rings is 1. The summed E-state index contributed by atoms with van der Waals surface area (Å²) in [6.45, 7) is 14.8. The lowest BCUT2D eigenvalue weighted by molar-refractivity contribution is -0.134. The van der Waals surface area contributed by atoms with E-state index >= 15 is 0 Å². The van der Waals surface area contributed by atoms with Gasteiger partial charge in [0.1, 0.15) is 6.54 Å². The molecule has 1 aromatic carbocycles. The van der Waals surface area contributed by atoms with Crippen LogP contribution in [0, 0.1) is 17.9 Å². The minimum Gasteiger partial charge on any atom is -0.416 e. The summed E-state index contributed by atoms with van der Waals surface area (Å²) in [6, 6.07) is 5.34. The normalized spacial score (nSPS) is 26.6. The number of carbonyl (C=O) groups is 1. The highest BCUT2D eigenvalue weighted by Crippen LogP contribution is 2.40. The van der Waals surface area contributed by atoms with Crippen LogP contribution in [-0.4, -0.2) is 72.4 Å². The van der Waals surface area contributed by atoms with E-state index in [9.17, 15) is 13.2 Å². The number of allylic oxidation sites excluding steroid dienone is 2. The van der Waals surface area contributed by atoms with Crippen LogP contribution in [0.2, 0.25) is 0 Å². The number of carbonyl (C=O) groups excluding carboxylic acids is 1. The Bertz CT molecular complexity index is 1560. The van der Waals surface area contributed by atoms with E-state index in [4.69, 9.17) is 16.7 Å². The third-order valence-electron chi connectivity index (χ3n) is 8.61. The largest absolute Gasteiger partial charge is 0.416 e. The number of fused-ring (bicyclic) bond motifs is 5. The number of aromatic nitrogens is 2. The molecule has 6 bridgehead atoms. The Labute approximate surface area is 239 Å². The minimum absolute atomic E-state index is 0.106. The van der Waals surface area contributed by atoms with Crippen LogP contribution in [0.3, 0.4) is 0 Å². The molecule has 13 heteroatoms. The molecule has 216 valence electrons. The Morgan fingerprint density at radius 2 is 1.88 bits per heavy atom. The van der Waals surface area contributed by atoms with E-state index in [0.717, 1.165) is 18.5 Å². The lowest BCUT2D eigenvalue weighted by atomic mass is 9.79. The summed E-state index contributed by atoms with van der Waals surface area (Å²) in [6.07, 6.45) is 5.19. The van der Waals surface area contributed by atoms with E-state index in [1.54, 1.807) is 18.2 Å². The molecule has 41 heavy (non-hydrogen) atoms. The number of rotatable bonds is 3. The van der Waals surface area contributed by atoms with Gasteiger partial charge >= 0.3 is 6.57 Å². The highest BCUT2D eigenvalue weighted by atomic mass is 32.2. The van der Waals surface area contributed by atoms with Gasteiger partial charge in [0.2, 0.25) is 21.8 Å². The van der Waals surface area contributed by atoms with E-state index in [2.05, 4.69) is 38.3 Å². The van der Waals surface area contributed by atoms with Gasteiger partial charge in [0.05, 0.1) is 38.9 Å². The summed E-state index contributed by atoms with van der Waals surface area (Å²) in [5.41, 5.74) is 8.56. The van der Waals surface area contributed by atoms with Crippen molar-refractivity contribution in [2.75, 3.05) is 42.3 Å². The zero-order valence-corrected chi connectivity index (χ0v) is 23.9. The van der Waals surface area contributed by atoms with Gasteiger partial charge in [-0.2, -0.15) is 0 Å². The Balaban J connectivity index is 1.39. The predicted octanol–water partition coefficient (Wildman–Crippen LogP) is 3.10. The summed E-state index contributed by atoms with van der Waals surface area (Å²) in [5, 5.41) is 9.60. The summed E-state index contributed by atoms with van der Waals surface area (Å²) in [4.78, 5) is 21.4. The second-order valence-corrected chi connectivity index (χ2v) is 13.8. The van der Waals surface area contributed by atoms with Crippen LogP contribution in [-0.2, 0) is 14.8 Å². The number of nitrogens with two attached hydrogens (primary N) is 1. The van der Waals surface area contributed by atoms with Gasteiger partial charge in [0.15, 0.2) is 0 Å². The molecule has 5 heterocycles. The quantitative estimate of drug-likeness (QED) is 0.561. The lowest BCUT2D eigenvalue weighted by Crippen LogP contribution is -2.46. The van der Waals surface area contributed by atoms with Crippen LogP contribution >= 0.6 is 0 Å². The fraction of sp³-hybridized carbons (Fsp3) is 0.500. The number of hydrogen-bond acceptors (Lipinski definition) is 9. The van der Waals surface area contributed by atoms with Crippen LogP contribution in [0.4, 0.5) is 11.4 Å². The molecule has 1 aromatic heterocycles. The van der Waals surface area contributed by atoms with Gasteiger partial charge in [0, 0.05) is 31.8 Å². The smallest absolute Gasteiger partial charge is 0.305 e. The van der Waals surface area contributed by atoms with Crippen molar-refractivity contribution >= 4 is 32.9 Å². The minimum atomic E-state index is -3.44. The molecule has 4 aliphatic heterocycles. The van der Waals surface area contributed by atoms with Crippen LogP contribution in [0.5, 0.6) is 0 Å². The van der Waals surface area contributed by atoms with Gasteiger partial charge in [0.25, 0.3) is 5.91 Å². The number of piperidine rings is 1. The molecule has 2 aromatic rings. The van der Waals surface area contributed by atoms with Crippen molar-refractivity contribution in [1.29, 1.82) is 0 Å². The van der Waals surface area contributed by atoms with E-state index < -0.39 is 10.0 Å². The molecule has 1 amide bonds. The average Bonchev–Trinajstić information content (AvgIpc) is 3.50. The highest BCUT2D eigenvalue weighted by molar-refractivity contribution is 7.93. The van der Waals surface area contributed by atoms with Crippen LogP contribution in [0.1, 0.15) is 44.9 Å². The zero-order valence-electron chi connectivity index (χ0n) is 23.1. The van der Waals surface area contributed by atoms with E-state index in [1.807, 2.05) is 11.0 Å². The topological polar surface area (TPSA) is 142 Å². The van der Waals surface area contributed by atoms with Crippen molar-refractivity contribution < 1.29 is 17.6 Å². The molecule has 5 aliphatic rings. The fourth-order valence-corrected chi connectivity index (χ4v) is 7.23. The number of hydrogen-bond donors (Lipinski definition) is 2. The average molecular weight is 580 g/mol. The number of anilines is 2. The van der Waals surface area contributed by atoms with Gasteiger partial charge in [-0.1, -0.05) is 13.5 Å². The maximum Gasteiger partial charge on any atom is 0.305 e. The van der Waals surface area contributed by atoms with Gasteiger partial charge in [-0.05, 0) is 66.8 Å². The fourth-order valence-electron chi connectivity index (χ4n) is 5.85. The standard InChI is InChI=1S/C28H35N8O4S/c1-18-14-24(29)35-11-8-19(16-35)27(37)36(30-3)17-28(2)9-12-34(13-10-28)23-15-20(33-41(38,39)21-5-6-21)4-7-22(23)26-32-31-25(18)40-26/h3-4,7,14-15,19,21,33H,1,5-6,8-13,16-17,29H2,2H3/q+1/b24-14+. The summed E-state index contributed by atoms with van der Waals surface area (Å²) < 4.78 is 34.2. The van der Waals surface area contributed by atoms with E-state index in [0.29, 0.717) is 80.5 Å². The number of amides is 1. The Hall–Kier alpha value is -4.05. The third-order valence-corrected chi connectivity index (χ3v) is 10.5. The molecule has 2 saturated heterocycles. The number of sulfonamides is 1. The van der Waals surface area contributed by atoms with Gasteiger partial charge in [-0.3, -0.25) is 9.52 Å². The molecular weight excluding hydrogens is 544 g/mol. The molecule has 3 fully saturated rings. The Morgan fingerprint density at radius 3 is 2.59 bits per heavy atom. The maximum absolute atomic E-state index is 13.4. The molecule has 1 atom stereocenters. The first-order valence-electron chi connectivity index (χ1n) is 13.9. The second-order valence-electron chi connectivity index (χ2n) is 11.8. The van der Waals surface area contributed by atoms with E-state index in [1.165, 1.54) is 5.01 Å². The van der Waals surface area contributed by atoms with Crippen molar-refractivity contribution in [3.05, 3.63) is 47.5 Å². The first-order chi connectivity index (χ1) is 19.5. The Morgan fingerprint density at radius 1 is 1.15 bits per heavy atom. The SMILES string of the molecule is C#[N+]N1CC2(C)CCN(CC2)c2cc(NS(=O)(=O)C3CC3)ccc2-c2nnc(o2)C(=C)/C=C(\N)N2CCC(C2)C1=O. The zero-order chi connectivity index (χ0) is 28.9. The van der Waals surface area contributed by atoms with Crippen molar-refractivity contribution in [3.63, 3.8) is 0 Å². The van der Waals surface area contributed by atoms with Gasteiger partial charge in [-0.15, -0.1) is 10.2 Å². The molecule has 0 radical (unpaired) electrons. The first kappa shape index (κ1) is 27.1. The van der Waals surface area contributed by atoms with Gasteiger partial charge < -0.3 is 20.0 Å². The molecule has 1 saturated carbocycles. The molecule has 0 spiro atoms. The molecule has 12 nitrogen and oxygen atoms in total. The summed E-state index contributed by atoms with van der Waals surface area (Å²) >= 11 is 0. The second kappa shape index (κ2) is 10.1. The van der Waals surface area contributed by atoms with E-state index in [-0.39, 0.29) is 28.4 Å². The van der Waals surface area contributed by atoms with Gasteiger partial charge in [-0.25, -0.2) is 8.42 Å². The lowest BCUT2D eigenvalue weighted by Gasteiger charge is -2.40.